The molecule has 0 bridgehead atoms. The largest absolute Gasteiger partial charge is 0.461 e. The third-order valence-electron chi connectivity index (χ3n) is 4.12. The van der Waals surface area contributed by atoms with Crippen LogP contribution in [-0.2, 0) is 37.1 Å². The van der Waals surface area contributed by atoms with Crippen molar-refractivity contribution < 1.29 is 23.9 Å². The number of hydrogen-bond acceptors (Lipinski definition) is 6. The second-order valence-corrected chi connectivity index (χ2v) is 6.63. The lowest BCUT2D eigenvalue weighted by Gasteiger charge is -2.18. The molecule has 2 rings (SSSR count). The second-order valence-electron chi connectivity index (χ2n) is 6.63. The van der Waals surface area contributed by atoms with Gasteiger partial charge in [0.1, 0.15) is 19.3 Å². The molecular weight excluding hydrogens is 372 g/mol. The third kappa shape index (κ3) is 8.15. The Kier molecular flexibility index (Phi) is 8.85. The quantitative estimate of drug-likeness (QED) is 0.594. The summed E-state index contributed by atoms with van der Waals surface area (Å²) in [5, 5.41) is 2.54. The fourth-order valence-corrected chi connectivity index (χ4v) is 2.45. The molecule has 154 valence electrons. The first kappa shape index (κ1) is 22.1. The topological polar surface area (TPSA) is 108 Å². The average molecular weight is 398 g/mol. The lowest BCUT2D eigenvalue weighted by molar-refractivity contribution is -0.150. The van der Waals surface area contributed by atoms with Crippen LogP contribution in [0.2, 0.25) is 0 Å². The van der Waals surface area contributed by atoms with Crippen molar-refractivity contribution in [1.82, 2.24) is 5.32 Å². The van der Waals surface area contributed by atoms with E-state index in [9.17, 15) is 14.4 Å². The molecule has 7 nitrogen and oxygen atoms in total. The number of amides is 1. The first-order valence-electron chi connectivity index (χ1n) is 9.41. The number of nitrogens with two attached hydrogens (primary N) is 1. The van der Waals surface area contributed by atoms with E-state index >= 15 is 0 Å². The molecular formula is C22H26N2O5. The number of nitrogens with one attached hydrogen (secondary N) is 1. The molecule has 29 heavy (non-hydrogen) atoms. The number of hydrogen-bond donors (Lipinski definition) is 2. The summed E-state index contributed by atoms with van der Waals surface area (Å²) in [6.45, 7) is 1.73. The predicted octanol–water partition coefficient (Wildman–Crippen LogP) is 2.09. The average Bonchev–Trinajstić information content (AvgIpc) is 2.74. The van der Waals surface area contributed by atoms with Crippen LogP contribution in [0.4, 0.5) is 0 Å². The molecule has 0 fully saturated rings. The van der Waals surface area contributed by atoms with Crippen LogP contribution >= 0.6 is 0 Å². The van der Waals surface area contributed by atoms with Gasteiger partial charge in [-0.25, -0.2) is 4.79 Å². The Bertz CT molecular complexity index is 793. The van der Waals surface area contributed by atoms with Crippen LogP contribution in [0.25, 0.3) is 0 Å². The maximum Gasteiger partial charge on any atom is 0.328 e. The van der Waals surface area contributed by atoms with E-state index in [0.29, 0.717) is 0 Å². The molecule has 1 amide bonds. The van der Waals surface area contributed by atoms with Gasteiger partial charge < -0.3 is 20.5 Å². The van der Waals surface area contributed by atoms with E-state index in [-0.39, 0.29) is 26.1 Å². The van der Waals surface area contributed by atoms with Crippen molar-refractivity contribution in [1.29, 1.82) is 0 Å². The van der Waals surface area contributed by atoms with Gasteiger partial charge in [-0.1, -0.05) is 60.7 Å². The molecule has 0 radical (unpaired) electrons. The highest BCUT2D eigenvalue weighted by atomic mass is 16.5. The summed E-state index contributed by atoms with van der Waals surface area (Å²) in [5.74, 6) is -1.59. The van der Waals surface area contributed by atoms with Crippen molar-refractivity contribution in [3.63, 3.8) is 0 Å². The monoisotopic (exact) mass is 398 g/mol. The summed E-state index contributed by atoms with van der Waals surface area (Å²) in [6.07, 6.45) is 0.0108. The van der Waals surface area contributed by atoms with E-state index in [0.717, 1.165) is 11.1 Å². The molecule has 0 aliphatic carbocycles. The van der Waals surface area contributed by atoms with Gasteiger partial charge in [0.25, 0.3) is 0 Å². The molecule has 0 saturated heterocycles. The Morgan fingerprint density at radius 1 is 0.897 bits per heavy atom. The first-order valence-corrected chi connectivity index (χ1v) is 9.41. The summed E-state index contributed by atoms with van der Waals surface area (Å²) in [4.78, 5) is 36.4. The molecule has 0 aliphatic heterocycles. The summed E-state index contributed by atoms with van der Waals surface area (Å²) in [5.41, 5.74) is 7.25. The highest BCUT2D eigenvalue weighted by Gasteiger charge is 2.25. The Hall–Kier alpha value is -3.19. The normalized spacial score (nSPS) is 12.5. The van der Waals surface area contributed by atoms with Gasteiger partial charge in [-0.2, -0.15) is 0 Å². The van der Waals surface area contributed by atoms with E-state index in [1.807, 2.05) is 60.7 Å². The molecule has 2 aromatic carbocycles. The van der Waals surface area contributed by atoms with E-state index in [1.165, 1.54) is 6.92 Å². The van der Waals surface area contributed by atoms with Gasteiger partial charge in [0.05, 0.1) is 6.04 Å². The molecule has 0 spiro atoms. The summed E-state index contributed by atoms with van der Waals surface area (Å²) >= 11 is 0. The van der Waals surface area contributed by atoms with Gasteiger partial charge in [-0.05, 0) is 24.5 Å². The van der Waals surface area contributed by atoms with Crippen molar-refractivity contribution in [3.8, 4) is 0 Å². The smallest absolute Gasteiger partial charge is 0.328 e. The Morgan fingerprint density at radius 3 is 1.93 bits per heavy atom. The van der Waals surface area contributed by atoms with Gasteiger partial charge in [0, 0.05) is 6.42 Å². The molecule has 7 heteroatoms. The summed E-state index contributed by atoms with van der Waals surface area (Å²) in [6, 6.07) is 16.7. The van der Waals surface area contributed by atoms with Crippen LogP contribution in [0.3, 0.4) is 0 Å². The highest BCUT2D eigenvalue weighted by molar-refractivity contribution is 5.87. The summed E-state index contributed by atoms with van der Waals surface area (Å²) in [7, 11) is 0. The van der Waals surface area contributed by atoms with Crippen LogP contribution in [0, 0.1) is 0 Å². The molecule has 0 heterocycles. The zero-order valence-corrected chi connectivity index (χ0v) is 16.4. The first-order chi connectivity index (χ1) is 14.0. The maximum atomic E-state index is 12.4. The SMILES string of the molecule is CC(N)C(=O)N[C@H](CCC(=O)OCc1ccccc1)C(=O)OCc1ccccc1. The fraction of sp³-hybridized carbons (Fsp3) is 0.318. The number of rotatable bonds is 10. The van der Waals surface area contributed by atoms with Crippen LogP contribution < -0.4 is 11.1 Å². The minimum Gasteiger partial charge on any atom is -0.461 e. The molecule has 0 aromatic heterocycles. The van der Waals surface area contributed by atoms with Gasteiger partial charge in [-0.3, -0.25) is 9.59 Å². The molecule has 2 aromatic rings. The Morgan fingerprint density at radius 2 is 1.41 bits per heavy atom. The van der Waals surface area contributed by atoms with Crippen molar-refractivity contribution in [3.05, 3.63) is 71.8 Å². The number of carbonyl (C=O) groups excluding carboxylic acids is 3. The van der Waals surface area contributed by atoms with Crippen molar-refractivity contribution in [2.24, 2.45) is 5.73 Å². The van der Waals surface area contributed by atoms with Crippen LogP contribution in [0.1, 0.15) is 30.9 Å². The van der Waals surface area contributed by atoms with Crippen molar-refractivity contribution >= 4 is 17.8 Å². The van der Waals surface area contributed by atoms with Crippen LogP contribution in [-0.4, -0.2) is 29.9 Å². The second kappa shape index (κ2) is 11.6. The number of esters is 2. The van der Waals surface area contributed by atoms with E-state index in [1.54, 1.807) is 0 Å². The predicted molar refractivity (Wildman–Crippen MR) is 107 cm³/mol. The molecule has 1 unspecified atom stereocenters. The van der Waals surface area contributed by atoms with Crippen molar-refractivity contribution in [2.75, 3.05) is 0 Å². The van der Waals surface area contributed by atoms with E-state index < -0.39 is 29.9 Å². The highest BCUT2D eigenvalue weighted by Crippen LogP contribution is 2.08. The van der Waals surface area contributed by atoms with Crippen LogP contribution in [0.5, 0.6) is 0 Å². The Labute approximate surface area is 170 Å². The zero-order chi connectivity index (χ0) is 21.1. The summed E-state index contributed by atoms with van der Waals surface area (Å²) < 4.78 is 10.5. The van der Waals surface area contributed by atoms with E-state index in [4.69, 9.17) is 15.2 Å². The standard InChI is InChI=1S/C22H26N2O5/c1-16(23)21(26)24-19(22(27)29-15-18-10-6-3-7-11-18)12-13-20(25)28-14-17-8-4-2-5-9-17/h2-11,16,19H,12-15,23H2,1H3,(H,24,26)/t16?,19-/m1/s1. The fourth-order valence-electron chi connectivity index (χ4n) is 2.45. The van der Waals surface area contributed by atoms with Gasteiger partial charge in [0.15, 0.2) is 0 Å². The number of carbonyl (C=O) groups is 3. The van der Waals surface area contributed by atoms with Gasteiger partial charge in [-0.15, -0.1) is 0 Å². The lowest BCUT2D eigenvalue weighted by atomic mass is 10.1. The van der Waals surface area contributed by atoms with Crippen LogP contribution in [0.15, 0.2) is 60.7 Å². The van der Waals surface area contributed by atoms with Gasteiger partial charge in [0.2, 0.25) is 5.91 Å². The number of benzene rings is 2. The minimum atomic E-state index is -0.985. The lowest BCUT2D eigenvalue weighted by Crippen LogP contribution is -2.48. The zero-order valence-electron chi connectivity index (χ0n) is 16.4. The molecule has 3 N–H and O–H groups in total. The van der Waals surface area contributed by atoms with E-state index in [2.05, 4.69) is 5.32 Å². The Balaban J connectivity index is 1.87. The van der Waals surface area contributed by atoms with Gasteiger partial charge >= 0.3 is 11.9 Å². The molecule has 2 atom stereocenters. The minimum absolute atomic E-state index is 0.0445. The molecule has 0 saturated carbocycles. The van der Waals surface area contributed by atoms with Crippen molar-refractivity contribution in [2.45, 2.75) is 45.1 Å². The number of ether oxygens (including phenoxy) is 2. The maximum absolute atomic E-state index is 12.4. The molecule has 0 aliphatic rings. The third-order valence-corrected chi connectivity index (χ3v) is 4.12.